The number of benzene rings is 1. The molecule has 2 rings (SSSR count). The van der Waals surface area contributed by atoms with Crippen LogP contribution in [-0.4, -0.2) is 38.4 Å². The zero-order chi connectivity index (χ0) is 15.8. The second kappa shape index (κ2) is 40.4. The molecule has 1 aromatic carbocycles. The zero-order valence-electron chi connectivity index (χ0n) is 14.1. The Morgan fingerprint density at radius 3 is 1.52 bits per heavy atom. The normalized spacial score (nSPS) is 6.73. The highest BCUT2D eigenvalue weighted by molar-refractivity contribution is 5.88. The summed E-state index contributed by atoms with van der Waals surface area (Å²) >= 11 is 0. The lowest BCUT2D eigenvalue weighted by molar-refractivity contribution is 0.438. The number of nitrogens with zero attached hydrogens (tertiary/aromatic N) is 3. The topological polar surface area (TPSA) is 32.0 Å². The van der Waals surface area contributed by atoms with E-state index in [1.807, 2.05) is 40.1 Å². The van der Waals surface area contributed by atoms with Crippen LogP contribution < -0.4 is 4.90 Å². The van der Waals surface area contributed by atoms with E-state index in [0.29, 0.717) is 0 Å². The van der Waals surface area contributed by atoms with Crippen molar-refractivity contribution in [1.82, 2.24) is 5.01 Å². The first-order valence-electron chi connectivity index (χ1n) is 7.64. The molecule has 33 heavy (non-hydrogen) atoms. The van der Waals surface area contributed by atoms with Gasteiger partial charge in [0.25, 0.3) is 0 Å². The van der Waals surface area contributed by atoms with Gasteiger partial charge in [-0.2, -0.15) is 5.10 Å². The minimum absolute atomic E-state index is 0. The Hall–Kier alpha value is -1.97. The molecule has 4 heteroatoms. The predicted molar refractivity (Wildman–Crippen MR) is 173 cm³/mol. The van der Waals surface area contributed by atoms with Gasteiger partial charge in [-0.1, -0.05) is 103 Å². The molecule has 212 valence electrons. The van der Waals surface area contributed by atoms with Gasteiger partial charge in [-0.15, -0.1) is 0 Å². The molecule has 0 aliphatic rings. The van der Waals surface area contributed by atoms with Gasteiger partial charge in [0.2, 0.25) is 0 Å². The number of hydrazone groups is 1. The number of rotatable bonds is 5. The van der Waals surface area contributed by atoms with Crippen LogP contribution >= 0.6 is 0 Å². The zero-order valence-corrected chi connectivity index (χ0v) is 14.1. The molecule has 2 aromatic rings. The van der Waals surface area contributed by atoms with E-state index in [0.717, 1.165) is 29.8 Å². The standard InChI is InChI=1S/C15H21N3O.C2H6.12CH4/c1-5-18(6-2)13-7-8-15-12(9-13)10-14(19-15)11-16-17(3)4;1-2;;;;;;;;;;;;/h7-11H,5-6H2,1-4H3;1-2H3;12*1H4/b16-11+;;;;;;;;;;;;;. The van der Waals surface area contributed by atoms with E-state index in [9.17, 15) is 0 Å². The Balaban J connectivity index is -0.0000000307. The molecule has 0 unspecified atom stereocenters. The average molecular weight is 482 g/mol. The van der Waals surface area contributed by atoms with Crippen molar-refractivity contribution >= 4 is 22.9 Å². The Morgan fingerprint density at radius 1 is 0.727 bits per heavy atom. The molecule has 1 heterocycles. The highest BCUT2D eigenvalue weighted by Gasteiger charge is 2.06. The molecule has 0 spiro atoms. The van der Waals surface area contributed by atoms with Crippen LogP contribution in [0, 0.1) is 0 Å². The minimum Gasteiger partial charge on any atom is -0.455 e. The van der Waals surface area contributed by atoms with Crippen LogP contribution in [-0.2, 0) is 0 Å². The molecule has 0 fully saturated rings. The molecule has 0 saturated carbocycles. The molecule has 0 saturated heterocycles. The largest absolute Gasteiger partial charge is 0.455 e. The molecule has 4 nitrogen and oxygen atoms in total. The van der Waals surface area contributed by atoms with Crippen LogP contribution in [0.4, 0.5) is 5.69 Å². The van der Waals surface area contributed by atoms with Crippen LogP contribution in [0.5, 0.6) is 0 Å². The van der Waals surface area contributed by atoms with E-state index < -0.39 is 0 Å². The number of furan rings is 1. The van der Waals surface area contributed by atoms with Crippen molar-refractivity contribution in [3.63, 3.8) is 0 Å². The Kier molecular flexibility index (Phi) is 94.6. The van der Waals surface area contributed by atoms with E-state index in [2.05, 4.69) is 36.0 Å². The highest BCUT2D eigenvalue weighted by Crippen LogP contribution is 2.24. The van der Waals surface area contributed by atoms with E-state index in [1.54, 1.807) is 11.2 Å². The third kappa shape index (κ3) is 23.0. The van der Waals surface area contributed by atoms with Crippen LogP contribution in [0.2, 0.25) is 0 Å². The summed E-state index contributed by atoms with van der Waals surface area (Å²) in [6.45, 7) is 10.3. The van der Waals surface area contributed by atoms with Crippen LogP contribution in [0.3, 0.4) is 0 Å². The lowest BCUT2D eigenvalue weighted by Gasteiger charge is -2.20. The van der Waals surface area contributed by atoms with E-state index >= 15 is 0 Å². The van der Waals surface area contributed by atoms with Gasteiger partial charge in [-0.05, 0) is 38.1 Å². The molecule has 0 N–H and O–H groups in total. The van der Waals surface area contributed by atoms with Crippen LogP contribution in [0.1, 0.15) is 123 Å². The van der Waals surface area contributed by atoms with Gasteiger partial charge >= 0.3 is 0 Å². The summed E-state index contributed by atoms with van der Waals surface area (Å²) in [7, 11) is 3.77. The lowest BCUT2D eigenvalue weighted by Crippen LogP contribution is -2.21. The summed E-state index contributed by atoms with van der Waals surface area (Å²) in [5.74, 6) is 0.778. The first kappa shape index (κ1) is 77.3. The van der Waals surface area contributed by atoms with Gasteiger partial charge in [-0.25, -0.2) is 0 Å². The maximum Gasteiger partial charge on any atom is 0.148 e. The quantitative estimate of drug-likeness (QED) is 0.314. The second-order valence-corrected chi connectivity index (χ2v) is 4.63. The smallest absolute Gasteiger partial charge is 0.148 e. The van der Waals surface area contributed by atoms with Crippen LogP contribution in [0.15, 0.2) is 33.8 Å². The van der Waals surface area contributed by atoms with Crippen molar-refractivity contribution in [2.75, 3.05) is 32.1 Å². The number of hydrogen-bond donors (Lipinski definition) is 0. The van der Waals surface area contributed by atoms with Gasteiger partial charge < -0.3 is 14.3 Å². The monoisotopic (exact) mass is 482 g/mol. The Morgan fingerprint density at radius 2 is 1.15 bits per heavy atom. The molecule has 0 amide bonds. The summed E-state index contributed by atoms with van der Waals surface area (Å²) in [4.78, 5) is 2.32. The third-order valence-corrected chi connectivity index (χ3v) is 3.06. The lowest BCUT2D eigenvalue weighted by atomic mass is 10.2. The third-order valence-electron chi connectivity index (χ3n) is 3.06. The molecule has 0 atom stereocenters. The van der Waals surface area contributed by atoms with Crippen molar-refractivity contribution in [1.29, 1.82) is 0 Å². The molecule has 0 aliphatic heterocycles. The highest BCUT2D eigenvalue weighted by atomic mass is 16.3. The predicted octanol–water partition coefficient (Wildman–Crippen LogP) is 11.8. The molecular formula is C29H75N3O. The first-order chi connectivity index (χ1) is 10.1. The van der Waals surface area contributed by atoms with Crippen LogP contribution in [0.25, 0.3) is 11.0 Å². The number of fused-ring (bicyclic) bond motifs is 1. The fraction of sp³-hybridized carbons (Fsp3) is 0.690. The Labute approximate surface area is 216 Å². The van der Waals surface area contributed by atoms with Crippen molar-refractivity contribution < 1.29 is 4.42 Å². The van der Waals surface area contributed by atoms with Crippen molar-refractivity contribution in [2.45, 2.75) is 117 Å². The van der Waals surface area contributed by atoms with E-state index in [4.69, 9.17) is 4.42 Å². The number of hydrogen-bond acceptors (Lipinski definition) is 4. The summed E-state index contributed by atoms with van der Waals surface area (Å²) in [6.07, 6.45) is 1.73. The summed E-state index contributed by atoms with van der Waals surface area (Å²) < 4.78 is 5.73. The van der Waals surface area contributed by atoms with Gasteiger partial charge in [0.15, 0.2) is 0 Å². The van der Waals surface area contributed by atoms with Gasteiger partial charge in [0, 0.05) is 38.3 Å². The maximum absolute atomic E-state index is 5.73. The van der Waals surface area contributed by atoms with E-state index in [1.165, 1.54) is 5.69 Å². The first-order valence-corrected chi connectivity index (χ1v) is 7.64. The molecule has 0 radical (unpaired) electrons. The maximum atomic E-state index is 5.73. The van der Waals surface area contributed by atoms with Crippen molar-refractivity contribution in [2.24, 2.45) is 5.10 Å². The van der Waals surface area contributed by atoms with Crippen molar-refractivity contribution in [3.05, 3.63) is 30.0 Å². The molecule has 0 aliphatic carbocycles. The fourth-order valence-electron chi connectivity index (χ4n) is 2.07. The second-order valence-electron chi connectivity index (χ2n) is 4.63. The minimum atomic E-state index is 0. The summed E-state index contributed by atoms with van der Waals surface area (Å²) in [5.41, 5.74) is 2.13. The molecule has 0 bridgehead atoms. The average Bonchev–Trinajstić information content (AvgIpc) is 2.91. The van der Waals surface area contributed by atoms with Gasteiger partial charge in [0.05, 0.1) is 6.21 Å². The Bertz CT molecular complexity index is 571. The summed E-state index contributed by atoms with van der Waals surface area (Å²) in [5, 5.41) is 7.04. The summed E-state index contributed by atoms with van der Waals surface area (Å²) in [6, 6.07) is 8.32. The number of anilines is 1. The SMILES string of the molecule is C.C.C.C.C.C.C.C.C.C.C.C.CC.CCN(CC)c1ccc2oc(/C=N/N(C)C)cc2c1. The van der Waals surface area contributed by atoms with Gasteiger partial charge in [0.1, 0.15) is 11.3 Å². The van der Waals surface area contributed by atoms with Crippen molar-refractivity contribution in [3.8, 4) is 0 Å². The molecular weight excluding hydrogens is 406 g/mol. The fourth-order valence-corrected chi connectivity index (χ4v) is 2.07. The molecule has 1 aromatic heterocycles. The van der Waals surface area contributed by atoms with E-state index in [-0.39, 0.29) is 89.1 Å². The van der Waals surface area contributed by atoms with Gasteiger partial charge in [-0.3, -0.25) is 0 Å².